The highest BCUT2D eigenvalue weighted by Gasteiger charge is 2.26. The Labute approximate surface area is 222 Å². The van der Waals surface area contributed by atoms with Crippen LogP contribution in [0.25, 0.3) is 11.5 Å². The first-order valence-corrected chi connectivity index (χ1v) is 12.8. The lowest BCUT2D eigenvalue weighted by Gasteiger charge is -2.25. The van der Waals surface area contributed by atoms with E-state index in [4.69, 9.17) is 13.9 Å². The van der Waals surface area contributed by atoms with Crippen LogP contribution >= 0.6 is 0 Å². The van der Waals surface area contributed by atoms with Gasteiger partial charge in [-0.15, -0.1) is 0 Å². The van der Waals surface area contributed by atoms with E-state index >= 15 is 0 Å². The van der Waals surface area contributed by atoms with Gasteiger partial charge in [-0.1, -0.05) is 13.8 Å². The molecule has 11 heteroatoms. The smallest absolute Gasteiger partial charge is 0.243 e. The van der Waals surface area contributed by atoms with Crippen molar-refractivity contribution in [2.24, 2.45) is 13.0 Å². The van der Waals surface area contributed by atoms with Gasteiger partial charge in [0.25, 0.3) is 0 Å². The monoisotopic (exact) mass is 524 g/mol. The molecule has 2 amide bonds. The molecule has 3 heterocycles. The van der Waals surface area contributed by atoms with Gasteiger partial charge in [-0.3, -0.25) is 19.2 Å². The quantitative estimate of drug-likeness (QED) is 0.534. The average molecular weight is 525 g/mol. The Morgan fingerprint density at radius 2 is 2.08 bits per heavy atom. The molecule has 38 heavy (non-hydrogen) atoms. The van der Waals surface area contributed by atoms with E-state index in [0.717, 1.165) is 11.1 Å². The van der Waals surface area contributed by atoms with Gasteiger partial charge in [0.2, 0.25) is 17.7 Å². The maximum Gasteiger partial charge on any atom is 0.243 e. The van der Waals surface area contributed by atoms with Gasteiger partial charge < -0.3 is 24.5 Å². The van der Waals surface area contributed by atoms with Gasteiger partial charge in [0, 0.05) is 37.5 Å². The van der Waals surface area contributed by atoms with Crippen molar-refractivity contribution < 1.29 is 23.5 Å². The largest absolute Gasteiger partial charge is 0.493 e. The summed E-state index contributed by atoms with van der Waals surface area (Å²) < 4.78 is 19.2. The Hall–Kier alpha value is -3.86. The molecule has 0 saturated heterocycles. The number of oxazole rings is 1. The molecular formula is C27H36N6O5. The molecule has 0 unspecified atom stereocenters. The Bertz CT molecular complexity index is 1270. The Morgan fingerprint density at radius 3 is 2.79 bits per heavy atom. The molecule has 1 aliphatic heterocycles. The maximum absolute atomic E-state index is 13.1. The molecule has 2 aromatic heterocycles. The fraction of sp³-hybridized carbons (Fsp3) is 0.481. The second-order valence-corrected chi connectivity index (χ2v) is 9.83. The highest BCUT2D eigenvalue weighted by atomic mass is 16.5. The first-order valence-electron chi connectivity index (χ1n) is 12.8. The predicted octanol–water partition coefficient (Wildman–Crippen LogP) is 2.43. The summed E-state index contributed by atoms with van der Waals surface area (Å²) in [6.45, 7) is 7.49. The third-order valence-corrected chi connectivity index (χ3v) is 6.41. The second kappa shape index (κ2) is 12.1. The first kappa shape index (κ1) is 27.2. The summed E-state index contributed by atoms with van der Waals surface area (Å²) in [5.41, 5.74) is 2.35. The number of fused-ring (bicyclic) bond motifs is 5. The first-order chi connectivity index (χ1) is 18.2. The normalized spacial score (nSPS) is 17.8. The lowest BCUT2D eigenvalue weighted by atomic mass is 10.0. The van der Waals surface area contributed by atoms with Gasteiger partial charge in [0.05, 0.1) is 33.0 Å². The summed E-state index contributed by atoms with van der Waals surface area (Å²) in [4.78, 5) is 32.8. The molecule has 0 radical (unpaired) electrons. The number of ether oxygens (including phenoxy) is 2. The minimum absolute atomic E-state index is 0.101. The lowest BCUT2D eigenvalue weighted by molar-refractivity contribution is -0.130. The molecule has 0 spiro atoms. The van der Waals surface area contributed by atoms with Crippen LogP contribution in [0.2, 0.25) is 0 Å². The predicted molar refractivity (Wildman–Crippen MR) is 140 cm³/mol. The number of benzene rings is 1. The standard InChI is InChI=1S/C27H36N6O5/c1-17(2)25-26(35)28-13-21-18(3)38-27(30-21)20-7-8-22(36-5)23(11-20)37-10-6-9-33(16-24(34)31-25)15-19-12-29-32(4)14-19/h7-8,11-12,14,17,25H,6,9-10,13,15-16H2,1-5H3,(H,28,35)(H,31,34)/t25-/m0/s1. The van der Waals surface area contributed by atoms with E-state index in [1.165, 1.54) is 0 Å². The topological polar surface area (TPSA) is 124 Å². The maximum atomic E-state index is 13.1. The van der Waals surface area contributed by atoms with Gasteiger partial charge in [0.15, 0.2) is 11.5 Å². The SMILES string of the molecule is COc1ccc2cc1OCCCN(Cc1cnn(C)c1)CC(=O)N[C@@H](C(C)C)C(=O)NCc1nc-2oc1C. The Morgan fingerprint density at radius 1 is 1.26 bits per heavy atom. The zero-order chi connectivity index (χ0) is 27.2. The number of carbonyl (C=O) groups excluding carboxylic acids is 2. The fourth-order valence-electron chi connectivity index (χ4n) is 4.37. The van der Waals surface area contributed by atoms with Crippen molar-refractivity contribution in [3.05, 3.63) is 47.6 Å². The average Bonchev–Trinajstić information content (AvgIpc) is 3.47. The number of rotatable bonds is 4. The number of nitrogens with one attached hydrogen (secondary N) is 2. The zero-order valence-electron chi connectivity index (χ0n) is 22.6. The van der Waals surface area contributed by atoms with Gasteiger partial charge in [-0.2, -0.15) is 5.10 Å². The Balaban J connectivity index is 1.61. The Kier molecular flexibility index (Phi) is 8.67. The van der Waals surface area contributed by atoms with Crippen LogP contribution in [0.5, 0.6) is 11.5 Å². The summed E-state index contributed by atoms with van der Waals surface area (Å²) >= 11 is 0. The van der Waals surface area contributed by atoms with E-state index in [1.54, 1.807) is 24.9 Å². The van der Waals surface area contributed by atoms with Crippen LogP contribution < -0.4 is 20.1 Å². The van der Waals surface area contributed by atoms with E-state index in [9.17, 15) is 9.59 Å². The second-order valence-electron chi connectivity index (χ2n) is 9.83. The number of amides is 2. The minimum Gasteiger partial charge on any atom is -0.493 e. The molecule has 1 atom stereocenters. The summed E-state index contributed by atoms with van der Waals surface area (Å²) in [5, 5.41) is 10.1. The zero-order valence-corrected chi connectivity index (χ0v) is 22.6. The number of hydrogen-bond donors (Lipinski definition) is 2. The van der Waals surface area contributed by atoms with E-state index in [0.29, 0.717) is 55.0 Å². The van der Waals surface area contributed by atoms with Crippen molar-refractivity contribution in [2.75, 3.05) is 26.8 Å². The van der Waals surface area contributed by atoms with Crippen molar-refractivity contribution >= 4 is 11.8 Å². The van der Waals surface area contributed by atoms with E-state index in [1.807, 2.05) is 50.2 Å². The number of aromatic nitrogens is 3. The molecule has 204 valence electrons. The number of aryl methyl sites for hydroxylation is 2. The highest BCUT2D eigenvalue weighted by Crippen LogP contribution is 2.33. The number of nitrogens with zero attached hydrogens (tertiary/aromatic N) is 4. The molecule has 0 fully saturated rings. The van der Waals surface area contributed by atoms with Crippen molar-refractivity contribution in [1.82, 2.24) is 30.3 Å². The third kappa shape index (κ3) is 6.71. The summed E-state index contributed by atoms with van der Waals surface area (Å²) in [5.74, 6) is 1.62. The van der Waals surface area contributed by atoms with Gasteiger partial charge in [-0.25, -0.2) is 4.98 Å². The summed E-state index contributed by atoms with van der Waals surface area (Å²) in [6, 6.07) is 4.83. The lowest BCUT2D eigenvalue weighted by Crippen LogP contribution is -2.51. The number of hydrogen-bond acceptors (Lipinski definition) is 8. The molecule has 1 aromatic carbocycles. The van der Waals surface area contributed by atoms with Crippen LogP contribution in [0.1, 0.15) is 37.3 Å². The molecule has 3 aromatic rings. The fourth-order valence-corrected chi connectivity index (χ4v) is 4.37. The van der Waals surface area contributed by atoms with Crippen LogP contribution in [0.4, 0.5) is 0 Å². The summed E-state index contributed by atoms with van der Waals surface area (Å²) in [7, 11) is 3.45. The van der Waals surface area contributed by atoms with Crippen LogP contribution in [0.3, 0.4) is 0 Å². The molecule has 2 N–H and O–H groups in total. The van der Waals surface area contributed by atoms with Gasteiger partial charge >= 0.3 is 0 Å². The number of methoxy groups -OCH3 is 1. The van der Waals surface area contributed by atoms with Crippen LogP contribution in [-0.4, -0.2) is 64.3 Å². The van der Waals surface area contributed by atoms with Gasteiger partial charge in [-0.05, 0) is 37.5 Å². The van der Waals surface area contributed by atoms with E-state index in [-0.39, 0.29) is 30.8 Å². The molecule has 4 rings (SSSR count). The van der Waals surface area contributed by atoms with Gasteiger partial charge in [0.1, 0.15) is 17.5 Å². The summed E-state index contributed by atoms with van der Waals surface area (Å²) in [6.07, 6.45) is 4.38. The molecule has 11 nitrogen and oxygen atoms in total. The molecule has 4 bridgehead atoms. The van der Waals surface area contributed by atoms with Crippen molar-refractivity contribution in [3.8, 4) is 23.0 Å². The molecule has 0 aliphatic carbocycles. The van der Waals surface area contributed by atoms with Crippen molar-refractivity contribution in [1.29, 1.82) is 0 Å². The molecule has 0 saturated carbocycles. The van der Waals surface area contributed by atoms with Crippen LogP contribution in [0.15, 0.2) is 35.0 Å². The van der Waals surface area contributed by atoms with Crippen LogP contribution in [0, 0.1) is 12.8 Å². The minimum atomic E-state index is -0.680. The number of carbonyl (C=O) groups is 2. The van der Waals surface area contributed by atoms with E-state index in [2.05, 4.69) is 20.7 Å². The van der Waals surface area contributed by atoms with Crippen molar-refractivity contribution in [3.63, 3.8) is 0 Å². The highest BCUT2D eigenvalue weighted by molar-refractivity contribution is 5.88. The molecule has 1 aliphatic rings. The van der Waals surface area contributed by atoms with Crippen molar-refractivity contribution in [2.45, 2.75) is 46.3 Å². The van der Waals surface area contributed by atoms with E-state index < -0.39 is 6.04 Å². The van der Waals surface area contributed by atoms with Crippen LogP contribution in [-0.2, 0) is 29.7 Å². The molecular weight excluding hydrogens is 488 g/mol. The third-order valence-electron chi connectivity index (χ3n) is 6.41.